The molecule has 0 bridgehead atoms. The minimum atomic E-state index is -4.36. The molecular weight excluding hydrogens is 838 g/mol. The smallest absolute Gasteiger partial charge is 0.338 e. The van der Waals surface area contributed by atoms with E-state index in [1.807, 2.05) is 0 Å². The van der Waals surface area contributed by atoms with Gasteiger partial charge in [-0.25, -0.2) is 32.9 Å². The molecule has 3 heterocycles. The molecule has 0 spiro atoms. The first-order valence-electron chi connectivity index (χ1n) is 20.5. The molecule has 4 amide bonds. The number of carbonyl (C=O) groups excluding carboxylic acids is 5. The number of esters is 1. The second kappa shape index (κ2) is 21.0. The summed E-state index contributed by atoms with van der Waals surface area (Å²) in [6.45, 7) is 1.39. The van der Waals surface area contributed by atoms with Gasteiger partial charge in [0.2, 0.25) is 5.91 Å². The molecule has 16 nitrogen and oxygen atoms in total. The molecule has 1 aliphatic rings. The second-order valence-corrected chi connectivity index (χ2v) is 16.8. The fraction of sp³-hybridized carbons (Fsp3) is 0.341. The Kier molecular flexibility index (Phi) is 15.3. The molecule has 324 valence electrons. The van der Waals surface area contributed by atoms with Crippen LogP contribution in [0.2, 0.25) is 5.02 Å². The third-order valence-electron chi connectivity index (χ3n) is 10.3. The number of carbonyl (C=O) groups is 5. The number of nitrogens with zero attached hydrogens (tertiary/aromatic N) is 5. The predicted molar refractivity (Wildman–Crippen MR) is 230 cm³/mol. The molecule has 2 N–H and O–H groups in total. The standard InChI is InChI=1S/C44H46ClN7O9S/c1-2-3-4-5-6-7-8-9-10-14-21-35(53)50-62(59,60)30-22-23-34(33(45)28-30)48-40(54)37(52-41(55)31-19-15-16-20-32(31)42(52)56)39-49-38-36(46-24-25-47-38)43(57)51(39)26-27-61-44(58)29-17-12-11-13-18-29/h11-13,15-20,22-25,28,37H,2-10,14,21,26-27H2,1H3,(H,48,54)(H,50,53). The Hall–Kier alpha value is -6.33. The first-order valence-corrected chi connectivity index (χ1v) is 22.3. The number of sulfonamides is 1. The number of nitrogens with one attached hydrogen (secondary N) is 2. The van der Waals surface area contributed by atoms with E-state index in [0.717, 1.165) is 42.4 Å². The van der Waals surface area contributed by atoms with Crippen LogP contribution in [-0.2, 0) is 30.9 Å². The molecule has 0 saturated heterocycles. The summed E-state index contributed by atoms with van der Waals surface area (Å²) in [7, 11) is -4.36. The molecule has 5 aromatic rings. The number of imide groups is 1. The van der Waals surface area contributed by atoms with E-state index in [1.165, 1.54) is 62.7 Å². The van der Waals surface area contributed by atoms with Crippen molar-refractivity contribution in [1.82, 2.24) is 29.1 Å². The van der Waals surface area contributed by atoms with Crippen molar-refractivity contribution in [3.63, 3.8) is 0 Å². The quantitative estimate of drug-likeness (QED) is 0.0443. The maximum Gasteiger partial charge on any atom is 0.338 e. The Labute approximate surface area is 363 Å². The van der Waals surface area contributed by atoms with Gasteiger partial charge in [0.25, 0.3) is 33.3 Å². The van der Waals surface area contributed by atoms with Gasteiger partial charge in [-0.3, -0.25) is 33.4 Å². The Morgan fingerprint density at radius 2 is 1.40 bits per heavy atom. The molecule has 0 saturated carbocycles. The zero-order valence-electron chi connectivity index (χ0n) is 34.0. The van der Waals surface area contributed by atoms with Gasteiger partial charge in [0.15, 0.2) is 17.2 Å². The molecule has 3 aromatic carbocycles. The second-order valence-electron chi connectivity index (χ2n) is 14.7. The Balaban J connectivity index is 1.23. The molecule has 1 aliphatic heterocycles. The molecule has 2 aromatic heterocycles. The molecule has 1 atom stereocenters. The highest BCUT2D eigenvalue weighted by molar-refractivity contribution is 7.90. The highest BCUT2D eigenvalue weighted by Gasteiger charge is 2.46. The average Bonchev–Trinajstić information content (AvgIpc) is 3.51. The first kappa shape index (κ1) is 45.2. The number of anilines is 1. The summed E-state index contributed by atoms with van der Waals surface area (Å²) in [4.78, 5) is 94.9. The molecule has 6 rings (SSSR count). The zero-order valence-corrected chi connectivity index (χ0v) is 35.6. The van der Waals surface area contributed by atoms with Crippen molar-refractivity contribution in [3.05, 3.63) is 123 Å². The number of hydrogen-bond donors (Lipinski definition) is 2. The molecule has 62 heavy (non-hydrogen) atoms. The summed E-state index contributed by atoms with van der Waals surface area (Å²) in [5.74, 6) is -4.62. The van der Waals surface area contributed by atoms with Crippen LogP contribution >= 0.6 is 11.6 Å². The van der Waals surface area contributed by atoms with Gasteiger partial charge >= 0.3 is 5.97 Å². The van der Waals surface area contributed by atoms with Crippen LogP contribution in [-0.4, -0.2) is 69.0 Å². The van der Waals surface area contributed by atoms with Gasteiger partial charge in [0.1, 0.15) is 12.4 Å². The number of ether oxygens (including phenoxy) is 1. The minimum absolute atomic E-state index is 0.00984. The molecule has 1 unspecified atom stereocenters. The van der Waals surface area contributed by atoms with Crippen molar-refractivity contribution in [1.29, 1.82) is 0 Å². The van der Waals surface area contributed by atoms with Gasteiger partial charge in [-0.2, -0.15) is 0 Å². The number of rotatable bonds is 21. The van der Waals surface area contributed by atoms with Crippen LogP contribution in [0.3, 0.4) is 0 Å². The number of halogens is 1. The van der Waals surface area contributed by atoms with Crippen LogP contribution in [0.4, 0.5) is 5.69 Å². The van der Waals surface area contributed by atoms with Crippen LogP contribution in [0.1, 0.15) is 120 Å². The molecular formula is C44H46ClN7O9S. The molecule has 0 aliphatic carbocycles. The van der Waals surface area contributed by atoms with Crippen LogP contribution in [0.25, 0.3) is 11.2 Å². The normalized spacial score (nSPS) is 12.9. The fourth-order valence-electron chi connectivity index (χ4n) is 7.07. The van der Waals surface area contributed by atoms with Gasteiger partial charge in [0.05, 0.1) is 38.8 Å². The van der Waals surface area contributed by atoms with Gasteiger partial charge in [0, 0.05) is 18.8 Å². The van der Waals surface area contributed by atoms with E-state index in [1.54, 1.807) is 42.5 Å². The predicted octanol–water partition coefficient (Wildman–Crippen LogP) is 6.79. The number of benzene rings is 3. The van der Waals surface area contributed by atoms with Gasteiger partial charge in [-0.15, -0.1) is 0 Å². The van der Waals surface area contributed by atoms with Crippen molar-refractivity contribution in [2.75, 3.05) is 11.9 Å². The van der Waals surface area contributed by atoms with E-state index in [4.69, 9.17) is 16.3 Å². The van der Waals surface area contributed by atoms with Crippen molar-refractivity contribution >= 4 is 68.1 Å². The molecule has 0 radical (unpaired) electrons. The Morgan fingerprint density at radius 1 is 0.790 bits per heavy atom. The lowest BCUT2D eigenvalue weighted by molar-refractivity contribution is -0.120. The van der Waals surface area contributed by atoms with Crippen molar-refractivity contribution < 1.29 is 37.1 Å². The monoisotopic (exact) mass is 883 g/mol. The summed E-state index contributed by atoms with van der Waals surface area (Å²) in [5, 5.41) is 2.28. The summed E-state index contributed by atoms with van der Waals surface area (Å²) in [5.41, 5.74) is -1.14. The van der Waals surface area contributed by atoms with E-state index in [0.29, 0.717) is 11.3 Å². The number of aromatic nitrogens is 4. The van der Waals surface area contributed by atoms with Crippen LogP contribution < -0.4 is 15.6 Å². The fourth-order valence-corrected chi connectivity index (χ4v) is 8.40. The first-order chi connectivity index (χ1) is 29.9. The van der Waals surface area contributed by atoms with E-state index >= 15 is 0 Å². The lowest BCUT2D eigenvalue weighted by atomic mass is 10.1. The summed E-state index contributed by atoms with van der Waals surface area (Å²) < 4.78 is 34.9. The topological polar surface area (TPSA) is 217 Å². The number of fused-ring (bicyclic) bond motifs is 2. The van der Waals surface area contributed by atoms with Gasteiger partial charge in [-0.1, -0.05) is 107 Å². The van der Waals surface area contributed by atoms with E-state index in [9.17, 15) is 37.2 Å². The lowest BCUT2D eigenvalue weighted by Gasteiger charge is -2.27. The number of unbranched alkanes of at least 4 members (excludes halogenated alkanes) is 9. The van der Waals surface area contributed by atoms with E-state index in [2.05, 4.69) is 31.9 Å². The SMILES string of the molecule is CCCCCCCCCCCCC(=O)NS(=O)(=O)c1ccc(NC(=O)C(c2nc3nccnc3c(=O)n2CCOC(=O)c2ccccc2)N2C(=O)c3ccccc3C2=O)c(Cl)c1. The Bertz CT molecular complexity index is 2610. The molecule has 18 heteroatoms. The minimum Gasteiger partial charge on any atom is -0.460 e. The van der Waals surface area contributed by atoms with Crippen LogP contribution in [0.15, 0.2) is 94.9 Å². The third-order valence-corrected chi connectivity index (χ3v) is 12.0. The van der Waals surface area contributed by atoms with Crippen molar-refractivity contribution in [2.45, 2.75) is 95.0 Å². The van der Waals surface area contributed by atoms with E-state index < -0.39 is 70.2 Å². The van der Waals surface area contributed by atoms with Gasteiger partial charge < -0.3 is 10.1 Å². The Morgan fingerprint density at radius 3 is 2.05 bits per heavy atom. The zero-order chi connectivity index (χ0) is 44.2. The summed E-state index contributed by atoms with van der Waals surface area (Å²) in [6.07, 6.45) is 13.1. The summed E-state index contributed by atoms with van der Waals surface area (Å²) >= 11 is 6.54. The van der Waals surface area contributed by atoms with Crippen LogP contribution in [0.5, 0.6) is 0 Å². The maximum absolute atomic E-state index is 14.6. The van der Waals surface area contributed by atoms with Crippen molar-refractivity contribution in [3.8, 4) is 0 Å². The highest BCUT2D eigenvalue weighted by Crippen LogP contribution is 2.33. The number of hydrogen-bond acceptors (Lipinski definition) is 12. The third kappa shape index (κ3) is 10.8. The van der Waals surface area contributed by atoms with Gasteiger partial charge in [-0.05, 0) is 48.9 Å². The summed E-state index contributed by atoms with van der Waals surface area (Å²) in [6, 6.07) is 15.4. The average molecular weight is 884 g/mol. The largest absolute Gasteiger partial charge is 0.460 e. The lowest BCUT2D eigenvalue weighted by Crippen LogP contribution is -2.44. The number of amides is 4. The maximum atomic E-state index is 14.6. The molecule has 0 fully saturated rings. The highest BCUT2D eigenvalue weighted by atomic mass is 35.5. The van der Waals surface area contributed by atoms with Crippen LogP contribution in [0, 0.1) is 0 Å². The van der Waals surface area contributed by atoms with E-state index in [-0.39, 0.29) is 49.9 Å². The van der Waals surface area contributed by atoms with Crippen molar-refractivity contribution in [2.24, 2.45) is 0 Å².